The Morgan fingerprint density at radius 2 is 2.16 bits per heavy atom. The summed E-state index contributed by atoms with van der Waals surface area (Å²) in [7, 11) is 0. The number of amides is 2. The number of hydrogen-bond donors (Lipinski definition) is 3. The highest BCUT2D eigenvalue weighted by Gasteiger charge is 2.52. The van der Waals surface area contributed by atoms with E-state index in [-0.39, 0.29) is 17.9 Å². The number of nitrogens with zero attached hydrogens (tertiary/aromatic N) is 1. The third-order valence-corrected chi connectivity index (χ3v) is 6.76. The van der Waals surface area contributed by atoms with Crippen molar-refractivity contribution in [3.63, 3.8) is 0 Å². The number of carbonyl (C=O) groups excluding carboxylic acids is 2. The number of rotatable bonds is 12. The van der Waals surface area contributed by atoms with Crippen molar-refractivity contribution in [3.05, 3.63) is 30.3 Å². The van der Waals surface area contributed by atoms with Crippen LogP contribution in [0.2, 0.25) is 0 Å². The van der Waals surface area contributed by atoms with Gasteiger partial charge in [0.2, 0.25) is 0 Å². The van der Waals surface area contributed by atoms with Gasteiger partial charge in [0.1, 0.15) is 5.60 Å². The fourth-order valence-corrected chi connectivity index (χ4v) is 4.18. The molecule has 3 atom stereocenters. The minimum absolute atomic E-state index is 0.124. The van der Waals surface area contributed by atoms with Gasteiger partial charge in [0.15, 0.2) is 11.3 Å². The maximum Gasteiger partial charge on any atom is 0.407 e. The van der Waals surface area contributed by atoms with Crippen molar-refractivity contribution in [2.24, 2.45) is 11.3 Å². The Morgan fingerprint density at radius 1 is 1.34 bits per heavy atom. The van der Waals surface area contributed by atoms with Gasteiger partial charge in [-0.25, -0.2) is 4.79 Å². The zero-order valence-electron chi connectivity index (χ0n) is 19.3. The SMILES string of the molecule is CCCCC1(CCNC(=O)OC(C)(CC)CO)CC1CNC(=O)c1cc2ccncc2o1. The molecule has 2 heterocycles. The maximum atomic E-state index is 12.5. The third kappa shape index (κ3) is 5.79. The molecule has 2 amide bonds. The molecular formula is C24H35N3O5. The van der Waals surface area contributed by atoms with Crippen molar-refractivity contribution in [2.75, 3.05) is 19.7 Å². The van der Waals surface area contributed by atoms with Crippen LogP contribution < -0.4 is 10.6 Å². The quantitative estimate of drug-likeness (QED) is 0.454. The fourth-order valence-electron chi connectivity index (χ4n) is 4.18. The summed E-state index contributed by atoms with van der Waals surface area (Å²) in [5, 5.41) is 16.1. The number of aliphatic hydroxyl groups is 1. The summed E-state index contributed by atoms with van der Waals surface area (Å²) in [6.45, 7) is 6.64. The van der Waals surface area contributed by atoms with Crippen molar-refractivity contribution >= 4 is 23.0 Å². The number of unbranched alkanes of at least 4 members (excludes halogenated alkanes) is 1. The van der Waals surface area contributed by atoms with Crippen LogP contribution in [0.3, 0.4) is 0 Å². The molecule has 8 heteroatoms. The number of aromatic nitrogens is 1. The average Bonchev–Trinajstić information content (AvgIpc) is 3.29. The molecule has 2 aromatic rings. The molecular weight excluding hydrogens is 410 g/mol. The molecule has 0 bridgehead atoms. The van der Waals surface area contributed by atoms with Gasteiger partial charge in [-0.15, -0.1) is 0 Å². The van der Waals surface area contributed by atoms with Crippen LogP contribution in [-0.4, -0.2) is 47.4 Å². The molecule has 0 radical (unpaired) electrons. The fraction of sp³-hybridized carbons (Fsp3) is 0.625. The topological polar surface area (TPSA) is 114 Å². The van der Waals surface area contributed by atoms with Gasteiger partial charge in [0.05, 0.1) is 12.8 Å². The Bertz CT molecular complexity index is 890. The maximum absolute atomic E-state index is 12.5. The molecule has 0 saturated heterocycles. The van der Waals surface area contributed by atoms with Crippen LogP contribution in [0.4, 0.5) is 4.79 Å². The minimum atomic E-state index is -0.858. The minimum Gasteiger partial charge on any atom is -0.449 e. The number of aliphatic hydroxyl groups excluding tert-OH is 1. The van der Waals surface area contributed by atoms with Crippen molar-refractivity contribution in [1.29, 1.82) is 0 Å². The zero-order chi connectivity index (χ0) is 23.2. The van der Waals surface area contributed by atoms with Gasteiger partial charge in [0, 0.05) is 24.7 Å². The second kappa shape index (κ2) is 10.3. The number of fused-ring (bicyclic) bond motifs is 1. The highest BCUT2D eigenvalue weighted by Crippen LogP contribution is 2.58. The molecule has 176 valence electrons. The highest BCUT2D eigenvalue weighted by atomic mass is 16.6. The predicted molar refractivity (Wildman–Crippen MR) is 121 cm³/mol. The number of hydrogen-bond acceptors (Lipinski definition) is 6. The van der Waals surface area contributed by atoms with E-state index in [2.05, 4.69) is 22.5 Å². The van der Waals surface area contributed by atoms with E-state index < -0.39 is 11.7 Å². The molecule has 1 saturated carbocycles. The van der Waals surface area contributed by atoms with Crippen molar-refractivity contribution < 1.29 is 23.8 Å². The van der Waals surface area contributed by atoms with E-state index in [9.17, 15) is 14.7 Å². The molecule has 8 nitrogen and oxygen atoms in total. The van der Waals surface area contributed by atoms with E-state index in [0.29, 0.717) is 36.8 Å². The number of nitrogens with one attached hydrogen (secondary N) is 2. The predicted octanol–water partition coefficient (Wildman–Crippen LogP) is 4.03. The highest BCUT2D eigenvalue weighted by molar-refractivity contribution is 5.95. The van der Waals surface area contributed by atoms with Crippen LogP contribution in [0.1, 0.15) is 69.9 Å². The number of alkyl carbamates (subject to hydrolysis) is 1. The van der Waals surface area contributed by atoms with E-state index in [1.165, 1.54) is 0 Å². The van der Waals surface area contributed by atoms with E-state index in [0.717, 1.165) is 37.5 Å². The first-order valence-corrected chi connectivity index (χ1v) is 11.5. The average molecular weight is 446 g/mol. The van der Waals surface area contributed by atoms with Crippen LogP contribution in [0.15, 0.2) is 28.9 Å². The van der Waals surface area contributed by atoms with Gasteiger partial charge < -0.3 is 24.9 Å². The van der Waals surface area contributed by atoms with Crippen molar-refractivity contribution in [1.82, 2.24) is 15.6 Å². The largest absolute Gasteiger partial charge is 0.449 e. The molecule has 3 rings (SSSR count). The van der Waals surface area contributed by atoms with Gasteiger partial charge in [-0.2, -0.15) is 0 Å². The number of ether oxygens (including phenoxy) is 1. The lowest BCUT2D eigenvalue weighted by Gasteiger charge is -2.26. The van der Waals surface area contributed by atoms with Gasteiger partial charge in [0.25, 0.3) is 5.91 Å². The van der Waals surface area contributed by atoms with Gasteiger partial charge >= 0.3 is 6.09 Å². The Hall–Kier alpha value is -2.61. The standard InChI is InChI=1S/C24H35N3O5/c1-4-6-8-24(9-11-26-22(30)32-23(3,5-2)16-28)13-18(24)14-27-21(29)19-12-17-7-10-25-15-20(17)31-19/h7,10,12,15,18,28H,4-6,8-9,11,13-14,16H2,1-3H3,(H,26,30)(H,27,29). The molecule has 1 aliphatic carbocycles. The van der Waals surface area contributed by atoms with Crippen LogP contribution in [-0.2, 0) is 4.74 Å². The van der Waals surface area contributed by atoms with E-state index in [1.54, 1.807) is 25.4 Å². The molecule has 1 fully saturated rings. The normalized spacial score (nSPS) is 21.7. The first-order valence-electron chi connectivity index (χ1n) is 11.5. The molecule has 3 unspecified atom stereocenters. The summed E-state index contributed by atoms with van der Waals surface area (Å²) in [5.41, 5.74) is -0.137. The van der Waals surface area contributed by atoms with Gasteiger partial charge in [-0.3, -0.25) is 9.78 Å². The van der Waals surface area contributed by atoms with Gasteiger partial charge in [-0.05, 0) is 56.1 Å². The van der Waals surface area contributed by atoms with Crippen molar-refractivity contribution in [3.8, 4) is 0 Å². The summed E-state index contributed by atoms with van der Waals surface area (Å²) < 4.78 is 11.0. The molecule has 1 aliphatic rings. The smallest absolute Gasteiger partial charge is 0.407 e. The Kier molecular flexibility index (Phi) is 7.77. The Morgan fingerprint density at radius 3 is 2.84 bits per heavy atom. The number of carbonyl (C=O) groups is 2. The van der Waals surface area contributed by atoms with Crippen LogP contribution in [0.5, 0.6) is 0 Å². The van der Waals surface area contributed by atoms with E-state index in [4.69, 9.17) is 9.15 Å². The monoisotopic (exact) mass is 445 g/mol. The first-order chi connectivity index (χ1) is 15.3. The van der Waals surface area contributed by atoms with Crippen LogP contribution in [0.25, 0.3) is 11.0 Å². The number of furan rings is 1. The Balaban J connectivity index is 1.49. The van der Waals surface area contributed by atoms with Crippen LogP contribution >= 0.6 is 0 Å². The number of pyridine rings is 1. The molecule has 3 N–H and O–H groups in total. The van der Waals surface area contributed by atoms with E-state index >= 15 is 0 Å². The van der Waals surface area contributed by atoms with Gasteiger partial charge in [-0.1, -0.05) is 26.7 Å². The summed E-state index contributed by atoms with van der Waals surface area (Å²) >= 11 is 0. The molecule has 0 spiro atoms. The molecule has 2 aromatic heterocycles. The van der Waals surface area contributed by atoms with E-state index in [1.807, 2.05) is 13.0 Å². The first kappa shape index (κ1) is 24.0. The molecule has 0 aliphatic heterocycles. The second-order valence-corrected chi connectivity index (χ2v) is 9.13. The van der Waals surface area contributed by atoms with Crippen molar-refractivity contribution in [2.45, 2.75) is 64.9 Å². The lowest BCUT2D eigenvalue weighted by atomic mass is 9.92. The summed E-state index contributed by atoms with van der Waals surface area (Å²) in [4.78, 5) is 28.7. The zero-order valence-corrected chi connectivity index (χ0v) is 19.3. The summed E-state index contributed by atoms with van der Waals surface area (Å²) in [6, 6.07) is 3.55. The molecule has 32 heavy (non-hydrogen) atoms. The Labute approximate surface area is 189 Å². The van der Waals surface area contributed by atoms with Crippen LogP contribution in [0, 0.1) is 11.3 Å². The molecule has 0 aromatic carbocycles. The summed E-state index contributed by atoms with van der Waals surface area (Å²) in [6.07, 6.45) is 8.46. The lowest BCUT2D eigenvalue weighted by Crippen LogP contribution is -2.40. The third-order valence-electron chi connectivity index (χ3n) is 6.76. The lowest BCUT2D eigenvalue weighted by molar-refractivity contribution is -0.0194. The second-order valence-electron chi connectivity index (χ2n) is 9.13. The summed E-state index contributed by atoms with van der Waals surface area (Å²) in [5.74, 6) is 0.447.